The minimum absolute atomic E-state index is 0.148. The van der Waals surface area contributed by atoms with Gasteiger partial charge in [0.25, 0.3) is 0 Å². The molecule has 1 aliphatic heterocycles. The molecule has 0 radical (unpaired) electrons. The fourth-order valence-electron chi connectivity index (χ4n) is 2.47. The average Bonchev–Trinajstić information content (AvgIpc) is 3.01. The molecular weight excluding hydrogens is 284 g/mol. The summed E-state index contributed by atoms with van der Waals surface area (Å²) in [4.78, 5) is 36.2. The Kier molecular flexibility index (Phi) is 4.93. The molecule has 1 aromatic carbocycles. The zero-order valence-electron chi connectivity index (χ0n) is 12.3. The predicted octanol–water partition coefficient (Wildman–Crippen LogP) is 1.13. The van der Waals surface area contributed by atoms with Crippen molar-refractivity contribution in [2.45, 2.75) is 18.9 Å². The molecule has 1 fully saturated rings. The van der Waals surface area contributed by atoms with Gasteiger partial charge in [-0.2, -0.15) is 0 Å². The summed E-state index contributed by atoms with van der Waals surface area (Å²) in [5, 5.41) is 11.4. The fourth-order valence-corrected chi connectivity index (χ4v) is 2.47. The lowest BCUT2D eigenvalue weighted by Crippen LogP contribution is -2.44. The van der Waals surface area contributed by atoms with Crippen LogP contribution in [0.3, 0.4) is 0 Å². The Morgan fingerprint density at radius 2 is 1.95 bits per heavy atom. The molecule has 116 valence electrons. The largest absolute Gasteiger partial charge is 0.478 e. The number of nitrogens with zero attached hydrogens (tertiary/aromatic N) is 1. The van der Waals surface area contributed by atoms with Crippen molar-refractivity contribution in [3.05, 3.63) is 41.5 Å². The number of carboxylic acid groups (broad SMARTS) is 1. The molecule has 22 heavy (non-hydrogen) atoms. The summed E-state index contributed by atoms with van der Waals surface area (Å²) in [5.74, 6) is -1.35. The molecule has 1 aromatic rings. The number of carbonyl (C=O) groups excluding carboxylic acids is 2. The molecule has 0 bridgehead atoms. The topological polar surface area (TPSA) is 86.7 Å². The van der Waals surface area contributed by atoms with Crippen molar-refractivity contribution in [3.8, 4) is 0 Å². The summed E-state index contributed by atoms with van der Waals surface area (Å²) < 4.78 is 0. The van der Waals surface area contributed by atoms with Crippen molar-refractivity contribution in [1.29, 1.82) is 0 Å². The average molecular weight is 302 g/mol. The summed E-state index contributed by atoms with van der Waals surface area (Å²) in [6.07, 6.45) is 4.52. The molecule has 2 rings (SSSR count). The first-order valence-corrected chi connectivity index (χ1v) is 7.06. The molecule has 0 spiro atoms. The van der Waals surface area contributed by atoms with Gasteiger partial charge in [-0.05, 0) is 36.6 Å². The third-order valence-corrected chi connectivity index (χ3v) is 3.66. The number of hydrogen-bond donors (Lipinski definition) is 2. The summed E-state index contributed by atoms with van der Waals surface area (Å²) in [7, 11) is 1.56. The molecular formula is C16H18N2O4. The molecule has 1 heterocycles. The van der Waals surface area contributed by atoms with Crippen LogP contribution in [0, 0.1) is 0 Å². The highest BCUT2D eigenvalue weighted by atomic mass is 16.4. The van der Waals surface area contributed by atoms with Crippen LogP contribution in [0.4, 0.5) is 0 Å². The van der Waals surface area contributed by atoms with Gasteiger partial charge in [0.1, 0.15) is 6.04 Å². The second kappa shape index (κ2) is 6.89. The van der Waals surface area contributed by atoms with Crippen molar-refractivity contribution in [2.24, 2.45) is 0 Å². The maximum atomic E-state index is 12.2. The van der Waals surface area contributed by atoms with E-state index in [0.29, 0.717) is 13.0 Å². The number of likely N-dealkylation sites (N-methyl/N-ethyl adjacent to an activating group) is 1. The lowest BCUT2D eigenvalue weighted by Gasteiger charge is -2.21. The van der Waals surface area contributed by atoms with Crippen molar-refractivity contribution >= 4 is 23.9 Å². The number of hydrogen-bond acceptors (Lipinski definition) is 3. The Morgan fingerprint density at radius 3 is 2.55 bits per heavy atom. The van der Waals surface area contributed by atoms with E-state index in [1.807, 2.05) is 0 Å². The number of amides is 2. The van der Waals surface area contributed by atoms with Gasteiger partial charge < -0.3 is 15.3 Å². The van der Waals surface area contributed by atoms with E-state index in [1.165, 1.54) is 18.2 Å². The minimum Gasteiger partial charge on any atom is -0.478 e. The lowest BCUT2D eigenvalue weighted by molar-refractivity contribution is -0.134. The van der Waals surface area contributed by atoms with Crippen LogP contribution in [0.2, 0.25) is 0 Å². The van der Waals surface area contributed by atoms with Crippen LogP contribution in [0.5, 0.6) is 0 Å². The molecule has 6 heteroatoms. The van der Waals surface area contributed by atoms with E-state index < -0.39 is 12.0 Å². The van der Waals surface area contributed by atoms with Crippen molar-refractivity contribution in [3.63, 3.8) is 0 Å². The SMILES string of the molecule is CNC(=O)[C@@H]1CCCN1C(=O)C=Cc1ccc(C(=O)O)cc1. The van der Waals surface area contributed by atoms with Gasteiger partial charge in [-0.3, -0.25) is 9.59 Å². The highest BCUT2D eigenvalue weighted by Gasteiger charge is 2.32. The zero-order valence-corrected chi connectivity index (χ0v) is 12.3. The first kappa shape index (κ1) is 15.8. The van der Waals surface area contributed by atoms with E-state index in [2.05, 4.69) is 5.32 Å². The minimum atomic E-state index is -0.989. The van der Waals surface area contributed by atoms with E-state index in [0.717, 1.165) is 12.0 Å². The number of carbonyl (C=O) groups is 3. The number of aromatic carboxylic acids is 1. The van der Waals surface area contributed by atoms with Crippen molar-refractivity contribution < 1.29 is 19.5 Å². The van der Waals surface area contributed by atoms with Gasteiger partial charge in [-0.1, -0.05) is 12.1 Å². The Hall–Kier alpha value is -2.63. The van der Waals surface area contributed by atoms with Gasteiger partial charge in [0.05, 0.1) is 5.56 Å². The second-order valence-electron chi connectivity index (χ2n) is 5.06. The molecule has 0 aliphatic carbocycles. The maximum absolute atomic E-state index is 12.2. The van der Waals surface area contributed by atoms with Crippen LogP contribution in [0.25, 0.3) is 6.08 Å². The van der Waals surface area contributed by atoms with Crippen LogP contribution >= 0.6 is 0 Å². The van der Waals surface area contributed by atoms with Gasteiger partial charge in [0.15, 0.2) is 0 Å². The van der Waals surface area contributed by atoms with Gasteiger partial charge in [0.2, 0.25) is 11.8 Å². The first-order chi connectivity index (χ1) is 10.5. The normalized spacial score (nSPS) is 17.7. The van der Waals surface area contributed by atoms with E-state index >= 15 is 0 Å². The molecule has 1 aliphatic rings. The quantitative estimate of drug-likeness (QED) is 0.816. The first-order valence-electron chi connectivity index (χ1n) is 7.06. The molecule has 0 unspecified atom stereocenters. The number of carboxylic acids is 1. The molecule has 1 atom stereocenters. The van der Waals surface area contributed by atoms with E-state index in [9.17, 15) is 14.4 Å². The Balaban J connectivity index is 2.04. The predicted molar refractivity (Wildman–Crippen MR) is 81.2 cm³/mol. The van der Waals surface area contributed by atoms with Gasteiger partial charge in [-0.25, -0.2) is 4.79 Å². The van der Waals surface area contributed by atoms with E-state index in [4.69, 9.17) is 5.11 Å². The van der Waals surface area contributed by atoms with Crippen LogP contribution < -0.4 is 5.32 Å². The Labute approximate surface area is 128 Å². The summed E-state index contributed by atoms with van der Waals surface area (Å²) >= 11 is 0. The third-order valence-electron chi connectivity index (χ3n) is 3.66. The van der Waals surface area contributed by atoms with Crippen molar-refractivity contribution in [2.75, 3.05) is 13.6 Å². The zero-order chi connectivity index (χ0) is 16.1. The van der Waals surface area contributed by atoms with Gasteiger partial charge in [-0.15, -0.1) is 0 Å². The molecule has 6 nitrogen and oxygen atoms in total. The van der Waals surface area contributed by atoms with Crippen LogP contribution in [0.1, 0.15) is 28.8 Å². The number of rotatable bonds is 4. The molecule has 0 aromatic heterocycles. The van der Waals surface area contributed by atoms with Crippen LogP contribution in [-0.4, -0.2) is 47.4 Å². The van der Waals surface area contributed by atoms with Crippen molar-refractivity contribution in [1.82, 2.24) is 10.2 Å². The summed E-state index contributed by atoms with van der Waals surface area (Å²) in [6, 6.07) is 5.82. The van der Waals surface area contributed by atoms with Crippen LogP contribution in [-0.2, 0) is 9.59 Å². The third kappa shape index (κ3) is 3.52. The van der Waals surface area contributed by atoms with E-state index in [1.54, 1.807) is 30.2 Å². The van der Waals surface area contributed by atoms with Crippen LogP contribution in [0.15, 0.2) is 30.3 Å². The maximum Gasteiger partial charge on any atom is 0.335 e. The standard InChI is InChI=1S/C16H18N2O4/c1-17-15(20)13-3-2-10-18(13)14(19)9-6-11-4-7-12(8-5-11)16(21)22/h4-9,13H,2-3,10H2,1H3,(H,17,20)(H,21,22)/t13-/m0/s1. The second-order valence-corrected chi connectivity index (χ2v) is 5.06. The Morgan fingerprint density at radius 1 is 1.27 bits per heavy atom. The molecule has 1 saturated heterocycles. The summed E-state index contributed by atoms with van der Waals surface area (Å²) in [6.45, 7) is 0.569. The number of likely N-dealkylation sites (tertiary alicyclic amines) is 1. The smallest absolute Gasteiger partial charge is 0.335 e. The Bertz CT molecular complexity index is 607. The number of nitrogens with one attached hydrogen (secondary N) is 1. The van der Waals surface area contributed by atoms with Gasteiger partial charge in [0, 0.05) is 19.7 Å². The molecule has 2 N–H and O–H groups in total. The number of benzene rings is 1. The monoisotopic (exact) mass is 302 g/mol. The highest BCUT2D eigenvalue weighted by Crippen LogP contribution is 2.18. The van der Waals surface area contributed by atoms with Gasteiger partial charge >= 0.3 is 5.97 Å². The summed E-state index contributed by atoms with van der Waals surface area (Å²) in [5.41, 5.74) is 0.928. The molecule has 2 amide bonds. The fraction of sp³-hybridized carbons (Fsp3) is 0.312. The van der Waals surface area contributed by atoms with E-state index in [-0.39, 0.29) is 17.4 Å². The molecule has 0 saturated carbocycles. The highest BCUT2D eigenvalue weighted by molar-refractivity contribution is 5.96. The lowest BCUT2D eigenvalue weighted by atomic mass is 10.1.